The Balaban J connectivity index is 1.97. The summed E-state index contributed by atoms with van der Waals surface area (Å²) in [6.45, 7) is 6.29. The predicted octanol–water partition coefficient (Wildman–Crippen LogP) is 4.00. The van der Waals surface area contributed by atoms with Crippen molar-refractivity contribution in [2.24, 2.45) is 0 Å². The molecule has 0 aliphatic carbocycles. The Kier molecular flexibility index (Phi) is 6.77. The molecule has 0 aromatic heterocycles. The van der Waals surface area contributed by atoms with Crippen molar-refractivity contribution in [2.45, 2.75) is 26.9 Å². The lowest BCUT2D eigenvalue weighted by molar-refractivity contribution is 0.0974. The minimum atomic E-state index is -0.318. The van der Waals surface area contributed by atoms with E-state index in [0.29, 0.717) is 17.9 Å². The molecule has 0 saturated heterocycles. The van der Waals surface area contributed by atoms with E-state index in [2.05, 4.69) is 10.6 Å². The standard InChI is InChI=1S/C19H22N2O3S/c1-4-23-17-8-6-5-7-16(17)18(22)21-19(25)20-14-9-11-15(12-10-14)24-13(2)3/h5-13H,4H2,1-3H3,(H2,20,21,22,25). The Morgan fingerprint density at radius 2 is 1.80 bits per heavy atom. The number of carbonyl (C=O) groups is 1. The molecule has 25 heavy (non-hydrogen) atoms. The number of carbonyl (C=O) groups excluding carboxylic acids is 1. The smallest absolute Gasteiger partial charge is 0.261 e. The van der Waals surface area contributed by atoms with Gasteiger partial charge in [0.1, 0.15) is 11.5 Å². The minimum Gasteiger partial charge on any atom is -0.493 e. The summed E-state index contributed by atoms with van der Waals surface area (Å²) in [7, 11) is 0. The highest BCUT2D eigenvalue weighted by atomic mass is 32.1. The number of hydrogen-bond donors (Lipinski definition) is 2. The summed E-state index contributed by atoms with van der Waals surface area (Å²) in [6, 6.07) is 14.4. The quantitative estimate of drug-likeness (QED) is 0.765. The van der Waals surface area contributed by atoms with Crippen molar-refractivity contribution in [3.05, 3.63) is 54.1 Å². The third-order valence-electron chi connectivity index (χ3n) is 3.14. The highest BCUT2D eigenvalue weighted by Gasteiger charge is 2.13. The summed E-state index contributed by atoms with van der Waals surface area (Å²) in [5.74, 6) is 0.989. The summed E-state index contributed by atoms with van der Waals surface area (Å²) in [5.41, 5.74) is 1.20. The van der Waals surface area contributed by atoms with Gasteiger partial charge in [0.25, 0.3) is 5.91 Å². The summed E-state index contributed by atoms with van der Waals surface area (Å²) >= 11 is 5.21. The molecule has 0 heterocycles. The van der Waals surface area contributed by atoms with Gasteiger partial charge in [-0.3, -0.25) is 10.1 Å². The van der Waals surface area contributed by atoms with Crippen molar-refractivity contribution in [1.82, 2.24) is 5.32 Å². The number of amides is 1. The Bertz CT molecular complexity index is 730. The molecule has 2 aromatic rings. The zero-order valence-corrected chi connectivity index (χ0v) is 15.4. The SMILES string of the molecule is CCOc1ccccc1C(=O)NC(=S)Nc1ccc(OC(C)C)cc1. The molecule has 0 spiro atoms. The number of ether oxygens (including phenoxy) is 2. The van der Waals surface area contributed by atoms with Gasteiger partial charge in [-0.05, 0) is 69.4 Å². The number of hydrogen-bond acceptors (Lipinski definition) is 4. The van der Waals surface area contributed by atoms with Gasteiger partial charge in [-0.15, -0.1) is 0 Å². The van der Waals surface area contributed by atoms with Crippen molar-refractivity contribution in [3.8, 4) is 11.5 Å². The number of thiocarbonyl (C=S) groups is 1. The molecular formula is C19H22N2O3S. The first kappa shape index (κ1) is 18.7. The van der Waals surface area contributed by atoms with Gasteiger partial charge < -0.3 is 14.8 Å². The van der Waals surface area contributed by atoms with Crippen LogP contribution in [0.5, 0.6) is 11.5 Å². The van der Waals surface area contributed by atoms with E-state index in [1.54, 1.807) is 18.2 Å². The van der Waals surface area contributed by atoms with E-state index in [1.165, 1.54) is 0 Å². The second-order valence-corrected chi connectivity index (χ2v) is 5.94. The maximum atomic E-state index is 12.4. The van der Waals surface area contributed by atoms with Gasteiger partial charge in [-0.25, -0.2) is 0 Å². The van der Waals surface area contributed by atoms with Gasteiger partial charge in [-0.2, -0.15) is 0 Å². The fraction of sp³-hybridized carbons (Fsp3) is 0.263. The van der Waals surface area contributed by atoms with Crippen LogP contribution in [0, 0.1) is 0 Å². The van der Waals surface area contributed by atoms with E-state index in [4.69, 9.17) is 21.7 Å². The number of benzene rings is 2. The number of rotatable bonds is 6. The van der Waals surface area contributed by atoms with Crippen LogP contribution in [0.1, 0.15) is 31.1 Å². The highest BCUT2D eigenvalue weighted by Crippen LogP contribution is 2.19. The molecule has 2 N–H and O–H groups in total. The summed E-state index contributed by atoms with van der Waals surface area (Å²) in [6.07, 6.45) is 0.115. The fourth-order valence-electron chi connectivity index (χ4n) is 2.16. The first-order chi connectivity index (χ1) is 12.0. The van der Waals surface area contributed by atoms with Gasteiger partial charge >= 0.3 is 0 Å². The average Bonchev–Trinajstić information content (AvgIpc) is 2.57. The first-order valence-corrected chi connectivity index (χ1v) is 8.51. The van der Waals surface area contributed by atoms with Crippen LogP contribution in [-0.4, -0.2) is 23.7 Å². The Morgan fingerprint density at radius 3 is 2.44 bits per heavy atom. The molecule has 0 bridgehead atoms. The maximum absolute atomic E-state index is 12.4. The molecule has 5 nitrogen and oxygen atoms in total. The second kappa shape index (κ2) is 9.03. The first-order valence-electron chi connectivity index (χ1n) is 8.10. The zero-order chi connectivity index (χ0) is 18.2. The normalized spacial score (nSPS) is 10.2. The van der Waals surface area contributed by atoms with Crippen LogP contribution in [0.2, 0.25) is 0 Å². The number of anilines is 1. The third kappa shape index (κ3) is 5.76. The molecule has 0 atom stereocenters. The Hall–Kier alpha value is -2.60. The van der Waals surface area contributed by atoms with Crippen molar-refractivity contribution in [2.75, 3.05) is 11.9 Å². The molecule has 132 valence electrons. The molecule has 0 fully saturated rings. The van der Waals surface area contributed by atoms with E-state index in [0.717, 1.165) is 11.4 Å². The van der Waals surface area contributed by atoms with E-state index in [1.807, 2.05) is 51.1 Å². The van der Waals surface area contributed by atoms with Crippen LogP contribution < -0.4 is 20.1 Å². The number of para-hydroxylation sites is 1. The average molecular weight is 358 g/mol. The monoisotopic (exact) mass is 358 g/mol. The van der Waals surface area contributed by atoms with E-state index >= 15 is 0 Å². The fourth-order valence-corrected chi connectivity index (χ4v) is 2.37. The van der Waals surface area contributed by atoms with Crippen molar-refractivity contribution >= 4 is 28.9 Å². The molecule has 6 heteroatoms. The lowest BCUT2D eigenvalue weighted by Crippen LogP contribution is -2.34. The summed E-state index contributed by atoms with van der Waals surface area (Å²) in [5, 5.41) is 5.85. The highest BCUT2D eigenvalue weighted by molar-refractivity contribution is 7.80. The van der Waals surface area contributed by atoms with Gasteiger partial charge in [0.15, 0.2) is 5.11 Å². The van der Waals surface area contributed by atoms with Gasteiger partial charge in [-0.1, -0.05) is 12.1 Å². The van der Waals surface area contributed by atoms with Crippen molar-refractivity contribution in [1.29, 1.82) is 0 Å². The third-order valence-corrected chi connectivity index (χ3v) is 3.35. The topological polar surface area (TPSA) is 59.6 Å². The van der Waals surface area contributed by atoms with Gasteiger partial charge in [0, 0.05) is 5.69 Å². The second-order valence-electron chi connectivity index (χ2n) is 5.53. The molecule has 2 aromatic carbocycles. The summed E-state index contributed by atoms with van der Waals surface area (Å²) < 4.78 is 11.1. The molecular weight excluding hydrogens is 336 g/mol. The summed E-state index contributed by atoms with van der Waals surface area (Å²) in [4.78, 5) is 12.4. The lowest BCUT2D eigenvalue weighted by Gasteiger charge is -2.13. The molecule has 0 aliphatic rings. The Labute approximate surface area is 153 Å². The van der Waals surface area contributed by atoms with E-state index in [9.17, 15) is 4.79 Å². The minimum absolute atomic E-state index is 0.115. The van der Waals surface area contributed by atoms with Crippen LogP contribution in [0.15, 0.2) is 48.5 Å². The maximum Gasteiger partial charge on any atom is 0.261 e. The molecule has 0 radical (unpaired) electrons. The van der Waals surface area contributed by atoms with Crippen LogP contribution in [0.3, 0.4) is 0 Å². The largest absolute Gasteiger partial charge is 0.493 e. The predicted molar refractivity (Wildman–Crippen MR) is 104 cm³/mol. The molecule has 1 amide bonds. The van der Waals surface area contributed by atoms with Gasteiger partial charge in [0.2, 0.25) is 0 Å². The van der Waals surface area contributed by atoms with Crippen LogP contribution >= 0.6 is 12.2 Å². The van der Waals surface area contributed by atoms with Crippen LogP contribution in [0.4, 0.5) is 5.69 Å². The molecule has 0 saturated carbocycles. The lowest BCUT2D eigenvalue weighted by atomic mass is 10.2. The molecule has 0 unspecified atom stereocenters. The van der Waals surface area contributed by atoms with E-state index < -0.39 is 0 Å². The van der Waals surface area contributed by atoms with Gasteiger partial charge in [0.05, 0.1) is 18.3 Å². The molecule has 2 rings (SSSR count). The van der Waals surface area contributed by atoms with E-state index in [-0.39, 0.29) is 17.1 Å². The molecule has 0 aliphatic heterocycles. The van der Waals surface area contributed by atoms with Crippen molar-refractivity contribution < 1.29 is 14.3 Å². The zero-order valence-electron chi connectivity index (χ0n) is 14.5. The van der Waals surface area contributed by atoms with Crippen LogP contribution in [-0.2, 0) is 0 Å². The van der Waals surface area contributed by atoms with Crippen LogP contribution in [0.25, 0.3) is 0 Å². The number of nitrogens with one attached hydrogen (secondary N) is 2. The Morgan fingerprint density at radius 1 is 1.12 bits per heavy atom. The van der Waals surface area contributed by atoms with Crippen molar-refractivity contribution in [3.63, 3.8) is 0 Å².